The van der Waals surface area contributed by atoms with E-state index in [1.165, 1.54) is 17.3 Å². The molecule has 1 amide bonds. The molecule has 0 unspecified atom stereocenters. The molecule has 1 fully saturated rings. The quantitative estimate of drug-likeness (QED) is 0.210. The van der Waals surface area contributed by atoms with Crippen LogP contribution in [0.4, 0.5) is 4.79 Å². The molecule has 2 heterocycles. The lowest BCUT2D eigenvalue weighted by Crippen LogP contribution is -2.41. The number of halogens is 1. The van der Waals surface area contributed by atoms with E-state index in [2.05, 4.69) is 26.2 Å². The van der Waals surface area contributed by atoms with Crippen LogP contribution in [0.5, 0.6) is 0 Å². The molecule has 1 aromatic heterocycles. The van der Waals surface area contributed by atoms with Crippen LogP contribution < -0.4 is 16.6 Å². The van der Waals surface area contributed by atoms with Crippen molar-refractivity contribution in [2.24, 2.45) is 0 Å². The maximum atomic E-state index is 12.5. The van der Waals surface area contributed by atoms with Crippen molar-refractivity contribution in [1.29, 1.82) is 0 Å². The molecule has 0 saturated carbocycles. The van der Waals surface area contributed by atoms with Gasteiger partial charge in [-0.05, 0) is 44.7 Å². The minimum atomic E-state index is -1.37. The number of aromatic amines is 1. The molecule has 0 bridgehead atoms. The van der Waals surface area contributed by atoms with Crippen molar-refractivity contribution in [2.45, 2.75) is 89.4 Å². The van der Waals surface area contributed by atoms with Crippen LogP contribution in [0.2, 0.25) is 0 Å². The average Bonchev–Trinajstić information content (AvgIpc) is 3.11. The number of carbonyl (C=O) groups is 2. The number of unbranched alkanes of at least 4 members (excludes halogenated alkanes) is 4. The molecular weight excluding hydrogens is 554 g/mol. The Kier molecular flexibility index (Phi) is 12.0. The second-order valence-electron chi connectivity index (χ2n) is 9.68. The van der Waals surface area contributed by atoms with Gasteiger partial charge in [0.1, 0.15) is 17.8 Å². The third-order valence-electron chi connectivity index (χ3n) is 5.50. The lowest BCUT2D eigenvalue weighted by atomic mass is 10.1. The van der Waals surface area contributed by atoms with E-state index in [-0.39, 0.29) is 12.0 Å². The van der Waals surface area contributed by atoms with Gasteiger partial charge in [-0.25, -0.2) is 9.59 Å². The SMILES string of the molecule is CC(C)(C)OC(=O)NCCCCCCCC(=O)O[C@H]1[C@H](O)[C@@H](CO)O[C@H]1n1cc(/C=C/Br)c(=O)[nH]c1=O. The van der Waals surface area contributed by atoms with E-state index < -0.39 is 60.1 Å². The van der Waals surface area contributed by atoms with Crippen LogP contribution >= 0.6 is 15.9 Å². The minimum Gasteiger partial charge on any atom is -0.455 e. The molecule has 1 aromatic rings. The van der Waals surface area contributed by atoms with E-state index in [0.29, 0.717) is 13.0 Å². The number of carbonyl (C=O) groups excluding carboxylic acids is 2. The van der Waals surface area contributed by atoms with Crippen LogP contribution in [0.15, 0.2) is 20.8 Å². The summed E-state index contributed by atoms with van der Waals surface area (Å²) in [5, 5.41) is 22.8. The van der Waals surface area contributed by atoms with Gasteiger partial charge in [-0.15, -0.1) is 0 Å². The third-order valence-corrected chi connectivity index (χ3v) is 5.76. The number of nitrogens with zero attached hydrogens (tertiary/aromatic N) is 1. The maximum absolute atomic E-state index is 12.5. The molecular formula is C24H36BrN3O9. The minimum absolute atomic E-state index is 0.0913. The molecule has 0 aliphatic carbocycles. The number of hydrogen-bond acceptors (Lipinski definition) is 9. The van der Waals surface area contributed by atoms with E-state index in [0.717, 1.165) is 30.3 Å². The van der Waals surface area contributed by atoms with Crippen LogP contribution in [-0.2, 0) is 19.0 Å². The van der Waals surface area contributed by atoms with E-state index >= 15 is 0 Å². The monoisotopic (exact) mass is 589 g/mol. The van der Waals surface area contributed by atoms with Gasteiger partial charge in [0, 0.05) is 19.2 Å². The highest BCUT2D eigenvalue weighted by molar-refractivity contribution is 9.11. The van der Waals surface area contributed by atoms with Gasteiger partial charge in [-0.3, -0.25) is 19.1 Å². The first kappa shape index (κ1) is 30.7. The first-order chi connectivity index (χ1) is 17.5. The van der Waals surface area contributed by atoms with Crippen LogP contribution in [0.1, 0.15) is 71.1 Å². The second kappa shape index (κ2) is 14.5. The molecule has 2 rings (SSSR count). The number of amides is 1. The van der Waals surface area contributed by atoms with Crippen molar-refractivity contribution in [3.05, 3.63) is 37.6 Å². The number of ether oxygens (including phenoxy) is 3. The summed E-state index contributed by atoms with van der Waals surface area (Å²) < 4.78 is 17.2. The summed E-state index contributed by atoms with van der Waals surface area (Å²) in [4.78, 5) is 52.0. The predicted octanol–water partition coefficient (Wildman–Crippen LogP) is 1.93. The third kappa shape index (κ3) is 9.72. The topological polar surface area (TPSA) is 169 Å². The summed E-state index contributed by atoms with van der Waals surface area (Å²) in [5.41, 5.74) is -1.84. The standard InChI is InChI=1S/C24H36BrN3O9/c1-24(2,3)37-23(34)26-12-8-6-4-5-7-9-17(30)36-19-18(31)16(14-29)35-21(19)28-13-15(10-11-25)20(32)27-22(28)33/h10-11,13,16,18-19,21,29,31H,4-9,12,14H2,1-3H3,(H,26,34)(H,27,32,33)/b11-10+/t16-,18-,19+,21-/m1/s1. The fourth-order valence-electron chi connectivity index (χ4n) is 3.74. The summed E-state index contributed by atoms with van der Waals surface area (Å²) in [7, 11) is 0. The number of esters is 1. The normalized spacial score (nSPS) is 21.8. The Morgan fingerprint density at radius 2 is 1.89 bits per heavy atom. The predicted molar refractivity (Wildman–Crippen MR) is 138 cm³/mol. The van der Waals surface area contributed by atoms with E-state index in [1.54, 1.807) is 20.8 Å². The molecule has 1 aliphatic rings. The maximum Gasteiger partial charge on any atom is 0.407 e. The molecule has 13 heteroatoms. The van der Waals surface area contributed by atoms with Gasteiger partial charge in [0.2, 0.25) is 0 Å². The number of aliphatic hydroxyl groups is 2. The number of hydrogen-bond donors (Lipinski definition) is 4. The van der Waals surface area contributed by atoms with Crippen LogP contribution in [-0.4, -0.2) is 68.9 Å². The Morgan fingerprint density at radius 3 is 2.54 bits per heavy atom. The lowest BCUT2D eigenvalue weighted by molar-refractivity contribution is -0.159. The lowest BCUT2D eigenvalue weighted by Gasteiger charge is -2.22. The number of alkyl carbamates (subject to hydrolysis) is 1. The molecule has 37 heavy (non-hydrogen) atoms. The molecule has 0 aromatic carbocycles. The van der Waals surface area contributed by atoms with Gasteiger partial charge in [-0.1, -0.05) is 35.2 Å². The zero-order valence-electron chi connectivity index (χ0n) is 21.3. The van der Waals surface area contributed by atoms with Gasteiger partial charge in [0.15, 0.2) is 12.3 Å². The fourth-order valence-corrected chi connectivity index (χ4v) is 4.02. The number of H-pyrrole nitrogens is 1. The number of nitrogens with one attached hydrogen (secondary N) is 2. The van der Waals surface area contributed by atoms with Gasteiger partial charge in [0.25, 0.3) is 5.56 Å². The van der Waals surface area contributed by atoms with Crippen molar-refractivity contribution < 1.29 is 34.0 Å². The van der Waals surface area contributed by atoms with Crippen LogP contribution in [0, 0.1) is 0 Å². The van der Waals surface area contributed by atoms with Crippen LogP contribution in [0.25, 0.3) is 6.08 Å². The zero-order valence-corrected chi connectivity index (χ0v) is 22.9. The molecule has 208 valence electrons. The molecule has 4 atom stereocenters. The van der Waals surface area contributed by atoms with Crippen molar-refractivity contribution in [3.63, 3.8) is 0 Å². The van der Waals surface area contributed by atoms with E-state index in [1.807, 2.05) is 0 Å². The molecule has 4 N–H and O–H groups in total. The second-order valence-corrected chi connectivity index (χ2v) is 10.2. The molecule has 1 aliphatic heterocycles. The summed E-state index contributed by atoms with van der Waals surface area (Å²) in [6, 6.07) is 0. The number of aliphatic hydroxyl groups excluding tert-OH is 2. The molecule has 12 nitrogen and oxygen atoms in total. The fraction of sp³-hybridized carbons (Fsp3) is 0.667. The van der Waals surface area contributed by atoms with Crippen molar-refractivity contribution in [3.8, 4) is 0 Å². The zero-order chi connectivity index (χ0) is 27.6. The van der Waals surface area contributed by atoms with Gasteiger partial charge < -0.3 is 29.7 Å². The molecule has 1 saturated heterocycles. The smallest absolute Gasteiger partial charge is 0.407 e. The van der Waals surface area contributed by atoms with Crippen molar-refractivity contribution in [2.75, 3.05) is 13.2 Å². The number of rotatable bonds is 12. The Labute approximate surface area is 223 Å². The first-order valence-corrected chi connectivity index (χ1v) is 13.1. The summed E-state index contributed by atoms with van der Waals surface area (Å²) in [6.07, 6.45) is 1.15. The van der Waals surface area contributed by atoms with E-state index in [9.17, 15) is 29.4 Å². The van der Waals surface area contributed by atoms with E-state index in [4.69, 9.17) is 14.2 Å². The Hall–Kier alpha value is -2.48. The van der Waals surface area contributed by atoms with Gasteiger partial charge in [0.05, 0.1) is 12.2 Å². The number of aromatic nitrogens is 2. The highest BCUT2D eigenvalue weighted by Gasteiger charge is 2.47. The van der Waals surface area contributed by atoms with Crippen LogP contribution in [0.3, 0.4) is 0 Å². The highest BCUT2D eigenvalue weighted by Crippen LogP contribution is 2.31. The summed E-state index contributed by atoms with van der Waals surface area (Å²) in [5.74, 6) is -0.583. The van der Waals surface area contributed by atoms with Crippen molar-refractivity contribution >= 4 is 34.1 Å². The molecule has 0 spiro atoms. The summed E-state index contributed by atoms with van der Waals surface area (Å²) in [6.45, 7) is 5.34. The first-order valence-electron chi connectivity index (χ1n) is 12.2. The van der Waals surface area contributed by atoms with Gasteiger partial charge in [-0.2, -0.15) is 0 Å². The van der Waals surface area contributed by atoms with Crippen molar-refractivity contribution in [1.82, 2.24) is 14.9 Å². The summed E-state index contributed by atoms with van der Waals surface area (Å²) >= 11 is 3.07. The highest BCUT2D eigenvalue weighted by atomic mass is 79.9. The average molecular weight is 590 g/mol. The Balaban J connectivity index is 1.84. The largest absolute Gasteiger partial charge is 0.455 e. The Morgan fingerprint density at radius 1 is 1.22 bits per heavy atom. The molecule has 0 radical (unpaired) electrons. The Bertz CT molecular complexity index is 1050. The van der Waals surface area contributed by atoms with Gasteiger partial charge >= 0.3 is 17.8 Å².